The fourth-order valence-corrected chi connectivity index (χ4v) is 2.13. The Morgan fingerprint density at radius 2 is 1.76 bits per heavy atom. The van der Waals surface area contributed by atoms with Crippen molar-refractivity contribution < 1.29 is 9.59 Å². The lowest BCUT2D eigenvalue weighted by molar-refractivity contribution is 0.0961. The maximum Gasteiger partial charge on any atom is 0.255 e. The second-order valence-corrected chi connectivity index (χ2v) is 5.20. The SMILES string of the molecule is CNC(=O)c1cccc(NC(=O)c2ccc(N)c(Br)c2)c1. The van der Waals surface area contributed by atoms with Gasteiger partial charge in [-0.15, -0.1) is 0 Å². The number of amides is 2. The van der Waals surface area contributed by atoms with Gasteiger partial charge < -0.3 is 16.4 Å². The minimum Gasteiger partial charge on any atom is -0.398 e. The van der Waals surface area contributed by atoms with Gasteiger partial charge in [0.25, 0.3) is 11.8 Å². The summed E-state index contributed by atoms with van der Waals surface area (Å²) in [5.41, 5.74) is 7.75. The molecule has 2 aromatic carbocycles. The molecule has 0 heterocycles. The highest BCUT2D eigenvalue weighted by atomic mass is 79.9. The topological polar surface area (TPSA) is 84.2 Å². The zero-order valence-corrected chi connectivity index (χ0v) is 12.9. The summed E-state index contributed by atoms with van der Waals surface area (Å²) in [6, 6.07) is 11.7. The van der Waals surface area contributed by atoms with Crippen LogP contribution in [0.25, 0.3) is 0 Å². The fourth-order valence-electron chi connectivity index (χ4n) is 1.75. The van der Waals surface area contributed by atoms with Gasteiger partial charge in [0.15, 0.2) is 0 Å². The highest BCUT2D eigenvalue weighted by molar-refractivity contribution is 9.10. The van der Waals surface area contributed by atoms with Crippen molar-refractivity contribution in [3.8, 4) is 0 Å². The van der Waals surface area contributed by atoms with E-state index in [-0.39, 0.29) is 11.8 Å². The summed E-state index contributed by atoms with van der Waals surface area (Å²) >= 11 is 3.28. The average Bonchev–Trinajstić information content (AvgIpc) is 2.49. The number of hydrogen-bond donors (Lipinski definition) is 3. The van der Waals surface area contributed by atoms with E-state index in [2.05, 4.69) is 26.6 Å². The van der Waals surface area contributed by atoms with Gasteiger partial charge in [0, 0.05) is 34.0 Å². The number of nitrogen functional groups attached to an aromatic ring is 1. The van der Waals surface area contributed by atoms with E-state index < -0.39 is 0 Å². The highest BCUT2D eigenvalue weighted by Crippen LogP contribution is 2.21. The molecule has 0 spiro atoms. The van der Waals surface area contributed by atoms with Gasteiger partial charge in [0.2, 0.25) is 0 Å². The van der Waals surface area contributed by atoms with Gasteiger partial charge in [-0.1, -0.05) is 6.07 Å². The van der Waals surface area contributed by atoms with Crippen molar-refractivity contribution in [2.45, 2.75) is 0 Å². The molecule has 0 bridgehead atoms. The van der Waals surface area contributed by atoms with Gasteiger partial charge >= 0.3 is 0 Å². The van der Waals surface area contributed by atoms with Crippen LogP contribution in [-0.4, -0.2) is 18.9 Å². The van der Waals surface area contributed by atoms with Gasteiger partial charge in [-0.2, -0.15) is 0 Å². The number of halogens is 1. The van der Waals surface area contributed by atoms with Crippen LogP contribution in [0.2, 0.25) is 0 Å². The van der Waals surface area contributed by atoms with Crippen LogP contribution in [-0.2, 0) is 0 Å². The van der Waals surface area contributed by atoms with Crippen LogP contribution >= 0.6 is 15.9 Å². The molecule has 0 aliphatic carbocycles. The first-order valence-electron chi connectivity index (χ1n) is 6.20. The lowest BCUT2D eigenvalue weighted by atomic mass is 10.1. The predicted molar refractivity (Wildman–Crippen MR) is 86.3 cm³/mol. The van der Waals surface area contributed by atoms with E-state index in [1.807, 2.05) is 0 Å². The molecule has 2 aromatic rings. The Morgan fingerprint density at radius 1 is 1.05 bits per heavy atom. The lowest BCUT2D eigenvalue weighted by Crippen LogP contribution is -2.18. The minimum absolute atomic E-state index is 0.207. The Hall–Kier alpha value is -2.34. The Kier molecular flexibility index (Phi) is 4.59. The van der Waals surface area contributed by atoms with E-state index in [4.69, 9.17) is 5.73 Å². The zero-order valence-electron chi connectivity index (χ0n) is 11.3. The molecular formula is C15H14BrN3O2. The van der Waals surface area contributed by atoms with E-state index >= 15 is 0 Å². The summed E-state index contributed by atoms with van der Waals surface area (Å²) in [6.45, 7) is 0. The molecule has 108 valence electrons. The number of carbonyl (C=O) groups excluding carboxylic acids is 2. The molecule has 0 fully saturated rings. The van der Waals surface area contributed by atoms with Crippen molar-refractivity contribution in [3.63, 3.8) is 0 Å². The molecule has 2 amide bonds. The van der Waals surface area contributed by atoms with E-state index in [9.17, 15) is 9.59 Å². The summed E-state index contributed by atoms with van der Waals surface area (Å²) in [7, 11) is 1.56. The number of rotatable bonds is 3. The Balaban J connectivity index is 2.19. The summed E-state index contributed by atoms with van der Waals surface area (Å²) in [5, 5.41) is 5.28. The smallest absolute Gasteiger partial charge is 0.255 e. The van der Waals surface area contributed by atoms with E-state index in [0.717, 1.165) is 0 Å². The second-order valence-electron chi connectivity index (χ2n) is 4.35. The van der Waals surface area contributed by atoms with Crippen LogP contribution in [0.3, 0.4) is 0 Å². The molecule has 0 saturated heterocycles. The summed E-state index contributed by atoms with van der Waals surface area (Å²) in [5.74, 6) is -0.480. The molecular weight excluding hydrogens is 334 g/mol. The Morgan fingerprint density at radius 3 is 2.43 bits per heavy atom. The van der Waals surface area contributed by atoms with Crippen LogP contribution in [0.1, 0.15) is 20.7 Å². The van der Waals surface area contributed by atoms with Crippen LogP contribution < -0.4 is 16.4 Å². The Labute approximate surface area is 130 Å². The molecule has 21 heavy (non-hydrogen) atoms. The van der Waals surface area contributed by atoms with Crippen LogP contribution in [0.15, 0.2) is 46.9 Å². The normalized spacial score (nSPS) is 10.0. The van der Waals surface area contributed by atoms with Gasteiger partial charge in [0.05, 0.1) is 0 Å². The fraction of sp³-hybridized carbons (Fsp3) is 0.0667. The molecule has 6 heteroatoms. The number of anilines is 2. The first-order chi connectivity index (χ1) is 10.0. The van der Waals surface area contributed by atoms with E-state index in [1.54, 1.807) is 49.5 Å². The van der Waals surface area contributed by atoms with E-state index in [0.29, 0.717) is 27.0 Å². The molecule has 0 aromatic heterocycles. The quantitative estimate of drug-likeness (QED) is 0.746. The second kappa shape index (κ2) is 6.41. The first-order valence-corrected chi connectivity index (χ1v) is 6.99. The van der Waals surface area contributed by atoms with Crippen LogP contribution in [0, 0.1) is 0 Å². The molecule has 5 nitrogen and oxygen atoms in total. The number of nitrogens with two attached hydrogens (primary N) is 1. The number of hydrogen-bond acceptors (Lipinski definition) is 3. The van der Waals surface area contributed by atoms with Crippen molar-refractivity contribution in [1.29, 1.82) is 0 Å². The zero-order chi connectivity index (χ0) is 15.4. The third kappa shape index (κ3) is 3.61. The van der Waals surface area contributed by atoms with Gasteiger partial charge in [-0.25, -0.2) is 0 Å². The van der Waals surface area contributed by atoms with Crippen LogP contribution in [0.4, 0.5) is 11.4 Å². The minimum atomic E-state index is -0.273. The van der Waals surface area contributed by atoms with Crippen molar-refractivity contribution in [3.05, 3.63) is 58.1 Å². The van der Waals surface area contributed by atoms with E-state index in [1.165, 1.54) is 0 Å². The van der Waals surface area contributed by atoms with Crippen molar-refractivity contribution in [2.75, 3.05) is 18.1 Å². The van der Waals surface area contributed by atoms with Gasteiger partial charge in [-0.3, -0.25) is 9.59 Å². The molecule has 0 atom stereocenters. The average molecular weight is 348 g/mol. The number of nitrogens with one attached hydrogen (secondary N) is 2. The molecule has 2 rings (SSSR count). The Bertz CT molecular complexity index is 701. The highest BCUT2D eigenvalue weighted by Gasteiger charge is 2.09. The predicted octanol–water partition coefficient (Wildman–Crippen LogP) is 2.64. The molecule has 4 N–H and O–H groups in total. The van der Waals surface area contributed by atoms with Gasteiger partial charge in [-0.05, 0) is 52.3 Å². The molecule has 0 saturated carbocycles. The third-order valence-corrected chi connectivity index (χ3v) is 3.56. The molecule has 0 aliphatic rings. The van der Waals surface area contributed by atoms with Crippen molar-refractivity contribution in [1.82, 2.24) is 5.32 Å². The maximum absolute atomic E-state index is 12.2. The molecule has 0 unspecified atom stereocenters. The summed E-state index contributed by atoms with van der Waals surface area (Å²) in [4.78, 5) is 23.7. The lowest BCUT2D eigenvalue weighted by Gasteiger charge is -2.08. The largest absolute Gasteiger partial charge is 0.398 e. The maximum atomic E-state index is 12.2. The van der Waals surface area contributed by atoms with Crippen molar-refractivity contribution in [2.24, 2.45) is 0 Å². The third-order valence-electron chi connectivity index (χ3n) is 2.87. The standard InChI is InChI=1S/C15H14BrN3O2/c1-18-14(20)9-3-2-4-11(7-9)19-15(21)10-5-6-13(17)12(16)8-10/h2-8H,17H2,1H3,(H,18,20)(H,19,21). The molecule has 0 aliphatic heterocycles. The first kappa shape index (κ1) is 15.1. The summed E-state index contributed by atoms with van der Waals surface area (Å²) < 4.78 is 0.661. The van der Waals surface area contributed by atoms with Crippen molar-refractivity contribution >= 4 is 39.1 Å². The molecule has 0 radical (unpaired) electrons. The summed E-state index contributed by atoms with van der Waals surface area (Å²) in [6.07, 6.45) is 0. The number of carbonyl (C=O) groups is 2. The van der Waals surface area contributed by atoms with Gasteiger partial charge in [0.1, 0.15) is 0 Å². The number of benzene rings is 2. The monoisotopic (exact) mass is 347 g/mol. The van der Waals surface area contributed by atoms with Crippen LogP contribution in [0.5, 0.6) is 0 Å².